The summed E-state index contributed by atoms with van der Waals surface area (Å²) in [4.78, 5) is 16.8. The summed E-state index contributed by atoms with van der Waals surface area (Å²) < 4.78 is 1.64. The standard InChI is InChI=1S/C15H19N5O/c16-10-11-4-1-5-12(11)15(21)19-13-6-2-7-17-14(13)20-9-3-8-18-20/h2-3,6-9,11-12H,1,4-5,10,16H2,(H,19,21). The Labute approximate surface area is 123 Å². The highest BCUT2D eigenvalue weighted by atomic mass is 16.1. The molecule has 2 aromatic rings. The second-order valence-electron chi connectivity index (χ2n) is 5.35. The van der Waals surface area contributed by atoms with Crippen molar-refractivity contribution in [2.24, 2.45) is 17.6 Å². The number of amides is 1. The molecule has 1 fully saturated rings. The minimum Gasteiger partial charge on any atom is -0.330 e. The highest BCUT2D eigenvalue weighted by Crippen LogP contribution is 2.32. The Kier molecular flexibility index (Phi) is 3.96. The molecule has 0 spiro atoms. The minimum atomic E-state index is 0.000627. The molecule has 1 aliphatic carbocycles. The fourth-order valence-corrected chi connectivity index (χ4v) is 2.96. The third-order valence-electron chi connectivity index (χ3n) is 4.06. The molecule has 2 atom stereocenters. The van der Waals surface area contributed by atoms with Crippen LogP contribution in [0.15, 0.2) is 36.8 Å². The molecular weight excluding hydrogens is 266 g/mol. The Morgan fingerprint density at radius 1 is 1.38 bits per heavy atom. The van der Waals surface area contributed by atoms with Crippen LogP contribution in [0.25, 0.3) is 5.82 Å². The van der Waals surface area contributed by atoms with Gasteiger partial charge in [-0.2, -0.15) is 5.10 Å². The Balaban J connectivity index is 1.81. The van der Waals surface area contributed by atoms with Gasteiger partial charge in [-0.05, 0) is 43.5 Å². The first-order chi connectivity index (χ1) is 10.3. The summed E-state index contributed by atoms with van der Waals surface area (Å²) in [5.74, 6) is 0.943. The van der Waals surface area contributed by atoms with Gasteiger partial charge in [-0.3, -0.25) is 4.79 Å². The Morgan fingerprint density at radius 3 is 3.05 bits per heavy atom. The number of hydrogen-bond donors (Lipinski definition) is 2. The Bertz CT molecular complexity index is 610. The normalized spacial score (nSPS) is 21.4. The number of aromatic nitrogens is 3. The third kappa shape index (κ3) is 2.80. The monoisotopic (exact) mass is 285 g/mol. The Hall–Kier alpha value is -2.21. The largest absolute Gasteiger partial charge is 0.330 e. The molecule has 0 aromatic carbocycles. The molecule has 0 radical (unpaired) electrons. The molecule has 1 saturated carbocycles. The molecule has 6 nitrogen and oxygen atoms in total. The van der Waals surface area contributed by atoms with Gasteiger partial charge in [0.25, 0.3) is 0 Å². The number of pyridine rings is 1. The summed E-state index contributed by atoms with van der Waals surface area (Å²) in [5, 5.41) is 7.15. The van der Waals surface area contributed by atoms with Gasteiger partial charge in [-0.15, -0.1) is 0 Å². The second kappa shape index (κ2) is 6.05. The maximum Gasteiger partial charge on any atom is 0.227 e. The number of nitrogens with one attached hydrogen (secondary N) is 1. The molecule has 3 N–H and O–H groups in total. The molecule has 0 bridgehead atoms. The molecule has 1 aliphatic rings. The first kappa shape index (κ1) is 13.8. The van der Waals surface area contributed by atoms with Crippen LogP contribution in [-0.4, -0.2) is 27.2 Å². The van der Waals surface area contributed by atoms with Gasteiger partial charge in [0.05, 0.1) is 5.69 Å². The lowest BCUT2D eigenvalue weighted by molar-refractivity contribution is -0.120. The van der Waals surface area contributed by atoms with Crippen molar-refractivity contribution in [2.45, 2.75) is 19.3 Å². The maximum atomic E-state index is 12.5. The number of carbonyl (C=O) groups excluding carboxylic acids is 1. The van der Waals surface area contributed by atoms with Crippen LogP contribution in [-0.2, 0) is 4.79 Å². The molecule has 2 aromatic heterocycles. The molecule has 21 heavy (non-hydrogen) atoms. The minimum absolute atomic E-state index is 0.000627. The lowest BCUT2D eigenvalue weighted by atomic mass is 9.95. The van der Waals surface area contributed by atoms with Crippen LogP contribution in [0.1, 0.15) is 19.3 Å². The van der Waals surface area contributed by atoms with Crippen LogP contribution in [0.2, 0.25) is 0 Å². The molecule has 110 valence electrons. The summed E-state index contributed by atoms with van der Waals surface area (Å²) in [6.07, 6.45) is 8.18. The first-order valence-electron chi connectivity index (χ1n) is 7.25. The predicted molar refractivity (Wildman–Crippen MR) is 79.9 cm³/mol. The summed E-state index contributed by atoms with van der Waals surface area (Å²) in [6, 6.07) is 5.47. The number of anilines is 1. The summed E-state index contributed by atoms with van der Waals surface area (Å²) in [6.45, 7) is 0.567. The third-order valence-corrected chi connectivity index (χ3v) is 4.06. The van der Waals surface area contributed by atoms with Gasteiger partial charge in [-0.25, -0.2) is 9.67 Å². The van der Waals surface area contributed by atoms with E-state index in [1.165, 1.54) is 0 Å². The van der Waals surface area contributed by atoms with E-state index in [2.05, 4.69) is 15.4 Å². The average Bonchev–Trinajstić information content (AvgIpc) is 3.19. The van der Waals surface area contributed by atoms with Gasteiger partial charge in [-0.1, -0.05) is 6.42 Å². The van der Waals surface area contributed by atoms with Crippen molar-refractivity contribution in [2.75, 3.05) is 11.9 Å². The van der Waals surface area contributed by atoms with Crippen LogP contribution < -0.4 is 11.1 Å². The SMILES string of the molecule is NCC1CCCC1C(=O)Nc1cccnc1-n1cccn1. The van der Waals surface area contributed by atoms with Crippen LogP contribution in [0.3, 0.4) is 0 Å². The zero-order valence-corrected chi connectivity index (χ0v) is 11.8. The van der Waals surface area contributed by atoms with E-state index in [4.69, 9.17) is 5.73 Å². The highest BCUT2D eigenvalue weighted by Gasteiger charge is 2.32. The van der Waals surface area contributed by atoms with Crippen molar-refractivity contribution in [1.82, 2.24) is 14.8 Å². The van der Waals surface area contributed by atoms with E-state index in [0.29, 0.717) is 18.1 Å². The number of nitrogens with zero attached hydrogens (tertiary/aromatic N) is 3. The van der Waals surface area contributed by atoms with Crippen LogP contribution in [0.4, 0.5) is 5.69 Å². The molecule has 0 aliphatic heterocycles. The van der Waals surface area contributed by atoms with Crippen molar-refractivity contribution >= 4 is 11.6 Å². The number of rotatable bonds is 4. The second-order valence-corrected chi connectivity index (χ2v) is 5.35. The van der Waals surface area contributed by atoms with E-state index in [0.717, 1.165) is 19.3 Å². The van der Waals surface area contributed by atoms with Crippen molar-refractivity contribution in [1.29, 1.82) is 0 Å². The predicted octanol–water partition coefficient (Wildman–Crippen LogP) is 1.58. The van der Waals surface area contributed by atoms with Crippen molar-refractivity contribution < 1.29 is 4.79 Å². The van der Waals surface area contributed by atoms with E-state index in [1.807, 2.05) is 12.1 Å². The zero-order valence-electron chi connectivity index (χ0n) is 11.8. The molecule has 6 heteroatoms. The lowest BCUT2D eigenvalue weighted by Crippen LogP contribution is -2.30. The van der Waals surface area contributed by atoms with Gasteiger partial charge in [0.15, 0.2) is 5.82 Å². The molecule has 3 rings (SSSR count). The summed E-state index contributed by atoms with van der Waals surface area (Å²) in [7, 11) is 0. The average molecular weight is 285 g/mol. The van der Waals surface area contributed by atoms with Crippen LogP contribution in [0.5, 0.6) is 0 Å². The fourth-order valence-electron chi connectivity index (χ4n) is 2.96. The van der Waals surface area contributed by atoms with Gasteiger partial charge in [0.1, 0.15) is 0 Å². The Morgan fingerprint density at radius 2 is 2.29 bits per heavy atom. The highest BCUT2D eigenvalue weighted by molar-refractivity contribution is 5.94. The summed E-state index contributed by atoms with van der Waals surface area (Å²) >= 11 is 0. The maximum absolute atomic E-state index is 12.5. The zero-order chi connectivity index (χ0) is 14.7. The van der Waals surface area contributed by atoms with E-state index in [9.17, 15) is 4.79 Å². The molecule has 0 saturated heterocycles. The van der Waals surface area contributed by atoms with E-state index in [-0.39, 0.29) is 17.7 Å². The van der Waals surface area contributed by atoms with E-state index >= 15 is 0 Å². The molecule has 2 unspecified atom stereocenters. The number of hydrogen-bond acceptors (Lipinski definition) is 4. The number of carbonyl (C=O) groups is 1. The number of nitrogens with two attached hydrogens (primary N) is 1. The van der Waals surface area contributed by atoms with Crippen molar-refractivity contribution in [3.05, 3.63) is 36.8 Å². The molecule has 2 heterocycles. The van der Waals surface area contributed by atoms with Gasteiger partial charge < -0.3 is 11.1 Å². The van der Waals surface area contributed by atoms with Gasteiger partial charge >= 0.3 is 0 Å². The van der Waals surface area contributed by atoms with Crippen LogP contribution in [0, 0.1) is 11.8 Å². The smallest absolute Gasteiger partial charge is 0.227 e. The summed E-state index contributed by atoms with van der Waals surface area (Å²) in [5.41, 5.74) is 6.43. The first-order valence-corrected chi connectivity index (χ1v) is 7.25. The fraction of sp³-hybridized carbons (Fsp3) is 0.400. The van der Waals surface area contributed by atoms with Crippen molar-refractivity contribution in [3.63, 3.8) is 0 Å². The van der Waals surface area contributed by atoms with Crippen molar-refractivity contribution in [3.8, 4) is 5.82 Å². The molecular formula is C15H19N5O. The van der Waals surface area contributed by atoms with Crippen LogP contribution >= 0.6 is 0 Å². The van der Waals surface area contributed by atoms with Gasteiger partial charge in [0.2, 0.25) is 5.91 Å². The lowest BCUT2D eigenvalue weighted by Gasteiger charge is -2.18. The van der Waals surface area contributed by atoms with E-state index < -0.39 is 0 Å². The quantitative estimate of drug-likeness (QED) is 0.893. The molecule has 1 amide bonds. The van der Waals surface area contributed by atoms with E-state index in [1.54, 1.807) is 29.3 Å². The van der Waals surface area contributed by atoms with Gasteiger partial charge in [0, 0.05) is 24.5 Å². The topological polar surface area (TPSA) is 85.8 Å².